The van der Waals surface area contributed by atoms with Crippen LogP contribution in [0.2, 0.25) is 0 Å². The molecule has 42 valence electrons. The third-order valence-electron chi connectivity index (χ3n) is 0.845. The van der Waals surface area contributed by atoms with E-state index in [2.05, 4.69) is 0 Å². The normalized spacial score (nSPS) is 16.2. The summed E-state index contributed by atoms with van der Waals surface area (Å²) in [5, 5.41) is 8.32. The Kier molecular flexibility index (Phi) is 1.79. The van der Waals surface area contributed by atoms with Gasteiger partial charge in [0.15, 0.2) is 0 Å². The van der Waals surface area contributed by atoms with Gasteiger partial charge >= 0.3 is 58.3 Å². The van der Waals surface area contributed by atoms with Gasteiger partial charge in [-0.25, -0.2) is 0 Å². The molecule has 0 radical (unpaired) electrons. The SMILES string of the molecule is O=C(O)C1=[CH][BiH][CH]=C1. The van der Waals surface area contributed by atoms with Gasteiger partial charge in [-0.15, -0.1) is 0 Å². The molecule has 0 aromatic rings. The van der Waals surface area contributed by atoms with Crippen LogP contribution in [-0.4, -0.2) is 34.3 Å². The van der Waals surface area contributed by atoms with E-state index in [0.717, 1.165) is 0 Å². The summed E-state index contributed by atoms with van der Waals surface area (Å²) in [6.45, 7) is 0. The van der Waals surface area contributed by atoms with Crippen LogP contribution in [-0.2, 0) is 4.79 Å². The first-order chi connectivity index (χ1) is 3.80. The topological polar surface area (TPSA) is 37.3 Å². The van der Waals surface area contributed by atoms with Gasteiger partial charge in [-0.2, -0.15) is 0 Å². The van der Waals surface area contributed by atoms with Gasteiger partial charge in [-0.05, 0) is 0 Å². The summed E-state index contributed by atoms with van der Waals surface area (Å²) in [4.78, 5) is 10.1. The standard InChI is InChI=1S/C5H4O2.Bi.H/c1-3-4(2)5(6)7;;/h1-3H,(H,6,7);;. The molecule has 0 saturated heterocycles. The maximum atomic E-state index is 10.1. The Balaban J connectivity index is 2.72. The van der Waals surface area contributed by atoms with Crippen molar-refractivity contribution in [2.24, 2.45) is 0 Å². The monoisotopic (exact) mass is 306 g/mol. The average Bonchev–Trinajstić information content (AvgIpc) is 2.12. The van der Waals surface area contributed by atoms with Crippen molar-refractivity contribution in [3.05, 3.63) is 19.2 Å². The molecule has 3 heteroatoms. The van der Waals surface area contributed by atoms with Crippen LogP contribution in [0, 0.1) is 0 Å². The third-order valence-corrected chi connectivity index (χ3v) is 4.10. The van der Waals surface area contributed by atoms with Crippen molar-refractivity contribution in [2.45, 2.75) is 0 Å². The molecule has 1 rings (SSSR count). The minimum absolute atomic E-state index is 0.494. The number of carboxylic acid groups (broad SMARTS) is 1. The number of carbonyl (C=O) groups is 1. The summed E-state index contributed by atoms with van der Waals surface area (Å²) in [6.07, 6.45) is 1.70. The van der Waals surface area contributed by atoms with Crippen molar-refractivity contribution in [3.63, 3.8) is 0 Å². The van der Waals surface area contributed by atoms with Crippen molar-refractivity contribution in [2.75, 3.05) is 0 Å². The number of hydrogen-bond acceptors (Lipinski definition) is 1. The van der Waals surface area contributed by atoms with Gasteiger partial charge in [-0.1, -0.05) is 0 Å². The van der Waals surface area contributed by atoms with Crippen LogP contribution in [0.4, 0.5) is 0 Å². The Hall–Kier alpha value is -0.167. The fourth-order valence-corrected chi connectivity index (χ4v) is 3.46. The maximum absolute atomic E-state index is 10.1. The van der Waals surface area contributed by atoms with Crippen LogP contribution >= 0.6 is 0 Å². The Morgan fingerprint density at radius 3 is 2.75 bits per heavy atom. The zero-order valence-corrected chi connectivity index (χ0v) is 7.97. The van der Waals surface area contributed by atoms with E-state index in [1.54, 1.807) is 6.08 Å². The van der Waals surface area contributed by atoms with Gasteiger partial charge in [0.2, 0.25) is 0 Å². The number of carboxylic acids is 1. The molecule has 0 saturated carbocycles. The molecule has 1 N–H and O–H groups in total. The van der Waals surface area contributed by atoms with E-state index in [-0.39, 0.29) is 0 Å². The molecule has 1 aliphatic rings. The molecule has 0 aliphatic carbocycles. The molecule has 8 heavy (non-hydrogen) atoms. The van der Waals surface area contributed by atoms with Crippen molar-refractivity contribution in [1.82, 2.24) is 0 Å². The molecule has 0 atom stereocenters. The van der Waals surface area contributed by atoms with Gasteiger partial charge in [0.1, 0.15) is 0 Å². The van der Waals surface area contributed by atoms with E-state index in [9.17, 15) is 4.79 Å². The van der Waals surface area contributed by atoms with Gasteiger partial charge in [-0.3, -0.25) is 0 Å². The second-order valence-electron chi connectivity index (χ2n) is 1.40. The third kappa shape index (κ3) is 1.16. The van der Waals surface area contributed by atoms with Crippen LogP contribution in [0.15, 0.2) is 19.2 Å². The zero-order valence-electron chi connectivity index (χ0n) is 4.09. The molecular formula is C5H5BiO2. The number of rotatable bonds is 1. The fourth-order valence-electron chi connectivity index (χ4n) is 0.457. The first kappa shape index (κ1) is 5.96. The second-order valence-corrected chi connectivity index (χ2v) is 5.12. The Labute approximate surface area is 58.5 Å². The summed E-state index contributed by atoms with van der Waals surface area (Å²) in [5.41, 5.74) is 0.494. The molecule has 0 unspecified atom stereocenters. The van der Waals surface area contributed by atoms with Crippen LogP contribution in [0.3, 0.4) is 0 Å². The molecule has 0 bridgehead atoms. The second kappa shape index (κ2) is 2.40. The molecular weight excluding hydrogens is 301 g/mol. The summed E-state index contributed by atoms with van der Waals surface area (Å²) in [5.74, 6) is -0.786. The zero-order chi connectivity index (χ0) is 5.98. The van der Waals surface area contributed by atoms with Gasteiger partial charge in [0.05, 0.1) is 0 Å². The first-order valence-electron chi connectivity index (χ1n) is 2.17. The van der Waals surface area contributed by atoms with Gasteiger partial charge in [0.25, 0.3) is 0 Å². The van der Waals surface area contributed by atoms with Crippen molar-refractivity contribution in [3.8, 4) is 0 Å². The minimum atomic E-state index is -0.786. The Bertz CT molecular complexity index is 169. The predicted octanol–water partition coefficient (Wildman–Crippen LogP) is -0.0813. The van der Waals surface area contributed by atoms with Crippen LogP contribution < -0.4 is 0 Å². The first-order valence-corrected chi connectivity index (χ1v) is 6.65. The Morgan fingerprint density at radius 2 is 2.50 bits per heavy atom. The summed E-state index contributed by atoms with van der Waals surface area (Å²) in [6, 6.07) is 0. The van der Waals surface area contributed by atoms with Crippen LogP contribution in [0.5, 0.6) is 0 Å². The van der Waals surface area contributed by atoms with Crippen LogP contribution in [0.25, 0.3) is 0 Å². The summed E-state index contributed by atoms with van der Waals surface area (Å²) in [7, 11) is 0. The average molecular weight is 306 g/mol. The van der Waals surface area contributed by atoms with Crippen molar-refractivity contribution < 1.29 is 9.90 Å². The van der Waals surface area contributed by atoms with E-state index in [1.165, 1.54) is 0 Å². The number of hydrogen-bond donors (Lipinski definition) is 1. The Morgan fingerprint density at radius 1 is 1.75 bits per heavy atom. The quantitative estimate of drug-likeness (QED) is 0.688. The molecule has 0 spiro atoms. The summed E-state index contributed by atoms with van der Waals surface area (Å²) >= 11 is -0.685. The van der Waals surface area contributed by atoms with E-state index < -0.39 is 29.2 Å². The van der Waals surface area contributed by atoms with Gasteiger partial charge in [0, 0.05) is 0 Å². The molecule has 1 aliphatic heterocycles. The molecule has 0 aromatic carbocycles. The van der Waals surface area contributed by atoms with Crippen LogP contribution in [0.1, 0.15) is 0 Å². The number of aliphatic carboxylic acids is 1. The summed E-state index contributed by atoms with van der Waals surface area (Å²) < 4.78 is 3.89. The van der Waals surface area contributed by atoms with E-state index in [1.807, 2.05) is 7.57 Å². The van der Waals surface area contributed by atoms with E-state index in [0.29, 0.717) is 5.57 Å². The molecule has 0 amide bonds. The molecule has 1 heterocycles. The van der Waals surface area contributed by atoms with Crippen molar-refractivity contribution in [1.29, 1.82) is 0 Å². The van der Waals surface area contributed by atoms with E-state index in [4.69, 9.17) is 5.11 Å². The fraction of sp³-hybridized carbons (Fsp3) is 0. The predicted molar refractivity (Wildman–Crippen MR) is 32.0 cm³/mol. The van der Waals surface area contributed by atoms with E-state index >= 15 is 0 Å². The molecule has 2 nitrogen and oxygen atoms in total. The van der Waals surface area contributed by atoms with Gasteiger partial charge < -0.3 is 0 Å². The molecule has 0 aromatic heterocycles. The van der Waals surface area contributed by atoms with Crippen molar-refractivity contribution >= 4 is 29.2 Å². The molecule has 0 fully saturated rings.